The summed E-state index contributed by atoms with van der Waals surface area (Å²) in [6.45, 7) is 3.80. The van der Waals surface area contributed by atoms with Gasteiger partial charge in [-0.15, -0.1) is 11.3 Å². The van der Waals surface area contributed by atoms with Gasteiger partial charge in [-0.25, -0.2) is 4.98 Å². The highest BCUT2D eigenvalue weighted by Gasteiger charge is 2.27. The summed E-state index contributed by atoms with van der Waals surface area (Å²) in [5, 5.41) is 2.13. The lowest BCUT2D eigenvalue weighted by Crippen LogP contribution is -2.25. The molecule has 0 aromatic carbocycles. The lowest BCUT2D eigenvalue weighted by atomic mass is 10.2. The highest BCUT2D eigenvalue weighted by molar-refractivity contribution is 7.10. The molecule has 0 saturated carbocycles. The van der Waals surface area contributed by atoms with Crippen LogP contribution in [0.4, 0.5) is 0 Å². The smallest absolute Gasteiger partial charge is 0.258 e. The maximum atomic E-state index is 12.3. The topological polar surface area (TPSA) is 37.6 Å². The van der Waals surface area contributed by atoms with Gasteiger partial charge in [-0.1, -0.05) is 12.1 Å². The van der Waals surface area contributed by atoms with E-state index in [1.165, 1.54) is 17.7 Å². The van der Waals surface area contributed by atoms with E-state index in [-0.39, 0.29) is 5.56 Å². The largest absolute Gasteiger partial charge is 0.290 e. The summed E-state index contributed by atoms with van der Waals surface area (Å²) in [6.07, 6.45) is 4.17. The Kier molecular flexibility index (Phi) is 3.75. The molecule has 1 fully saturated rings. The number of pyridine rings is 1. The van der Waals surface area contributed by atoms with Crippen molar-refractivity contribution in [3.8, 4) is 0 Å². The van der Waals surface area contributed by atoms with Gasteiger partial charge in [0.2, 0.25) is 0 Å². The minimum atomic E-state index is 0.000528. The molecule has 1 atom stereocenters. The van der Waals surface area contributed by atoms with Gasteiger partial charge in [-0.05, 0) is 49.4 Å². The van der Waals surface area contributed by atoms with Crippen LogP contribution in [-0.4, -0.2) is 20.8 Å². The van der Waals surface area contributed by atoms with E-state index in [0.717, 1.165) is 30.0 Å². The summed E-state index contributed by atoms with van der Waals surface area (Å²) in [6, 6.07) is 10.3. The monoisotopic (exact) mass is 325 g/mol. The summed E-state index contributed by atoms with van der Waals surface area (Å²) < 4.78 is 1.62. The minimum absolute atomic E-state index is 0.000528. The van der Waals surface area contributed by atoms with Crippen molar-refractivity contribution < 1.29 is 0 Å². The molecule has 3 aromatic rings. The normalized spacial score (nSPS) is 18.7. The average molecular weight is 325 g/mol. The fourth-order valence-electron chi connectivity index (χ4n) is 3.42. The summed E-state index contributed by atoms with van der Waals surface area (Å²) >= 11 is 1.81. The Morgan fingerprint density at radius 3 is 3.09 bits per heavy atom. The first kappa shape index (κ1) is 14.6. The van der Waals surface area contributed by atoms with E-state index in [2.05, 4.69) is 22.4 Å². The number of rotatable bonds is 3. The van der Waals surface area contributed by atoms with Crippen molar-refractivity contribution in [2.75, 3.05) is 6.54 Å². The Balaban J connectivity index is 1.67. The minimum Gasteiger partial charge on any atom is -0.290 e. The summed E-state index contributed by atoms with van der Waals surface area (Å²) in [5.41, 5.74) is 2.66. The van der Waals surface area contributed by atoms with Crippen LogP contribution in [0, 0.1) is 6.92 Å². The maximum absolute atomic E-state index is 12.3. The molecule has 0 N–H and O–H groups in total. The quantitative estimate of drug-likeness (QED) is 0.741. The number of aryl methyl sites for hydroxylation is 1. The zero-order chi connectivity index (χ0) is 15.8. The van der Waals surface area contributed by atoms with Crippen LogP contribution in [0.25, 0.3) is 5.65 Å². The second-order valence-corrected chi connectivity index (χ2v) is 7.09. The Morgan fingerprint density at radius 1 is 1.35 bits per heavy atom. The lowest BCUT2D eigenvalue weighted by molar-refractivity contribution is 0.248. The van der Waals surface area contributed by atoms with E-state index in [9.17, 15) is 4.79 Å². The standard InChI is InChI=1S/C18H19N3OS/c1-13-5-2-9-21-17(22)11-14(19-18(13)21)12-20-8-3-6-15(20)16-7-4-10-23-16/h2,4-5,7,9-11,15H,3,6,8,12H2,1H3/t15-/m0/s1. The van der Waals surface area contributed by atoms with Gasteiger partial charge in [-0.3, -0.25) is 14.1 Å². The van der Waals surface area contributed by atoms with Crippen molar-refractivity contribution in [3.05, 3.63) is 68.4 Å². The number of fused-ring (bicyclic) bond motifs is 1. The van der Waals surface area contributed by atoms with E-state index in [1.54, 1.807) is 16.7 Å². The molecule has 0 bridgehead atoms. The molecule has 4 rings (SSSR count). The molecular formula is C18H19N3OS. The molecular weight excluding hydrogens is 306 g/mol. The van der Waals surface area contributed by atoms with Gasteiger partial charge in [0.1, 0.15) is 5.65 Å². The van der Waals surface area contributed by atoms with Gasteiger partial charge in [-0.2, -0.15) is 0 Å². The Bertz CT molecular complexity index is 885. The molecule has 1 saturated heterocycles. The molecule has 4 nitrogen and oxygen atoms in total. The van der Waals surface area contributed by atoms with Crippen molar-refractivity contribution in [2.24, 2.45) is 0 Å². The highest BCUT2D eigenvalue weighted by atomic mass is 32.1. The van der Waals surface area contributed by atoms with Gasteiger partial charge in [0.05, 0.1) is 5.69 Å². The zero-order valence-corrected chi connectivity index (χ0v) is 13.9. The molecule has 1 aliphatic heterocycles. The molecule has 4 heterocycles. The van der Waals surface area contributed by atoms with Crippen LogP contribution < -0.4 is 5.56 Å². The van der Waals surface area contributed by atoms with Crippen LogP contribution in [0.5, 0.6) is 0 Å². The summed E-state index contributed by atoms with van der Waals surface area (Å²) in [4.78, 5) is 20.9. The zero-order valence-electron chi connectivity index (χ0n) is 13.1. The van der Waals surface area contributed by atoms with Crippen LogP contribution in [0.15, 0.2) is 46.7 Å². The molecule has 0 unspecified atom stereocenters. The van der Waals surface area contributed by atoms with Crippen molar-refractivity contribution >= 4 is 17.0 Å². The highest BCUT2D eigenvalue weighted by Crippen LogP contribution is 2.35. The second kappa shape index (κ2) is 5.91. The Hall–Kier alpha value is -1.98. The maximum Gasteiger partial charge on any atom is 0.258 e. The third-order valence-electron chi connectivity index (χ3n) is 4.54. The van der Waals surface area contributed by atoms with Crippen molar-refractivity contribution in [1.82, 2.24) is 14.3 Å². The molecule has 0 spiro atoms. The predicted octanol–water partition coefficient (Wildman–Crippen LogP) is 3.40. The van der Waals surface area contributed by atoms with Gasteiger partial charge < -0.3 is 0 Å². The fourth-order valence-corrected chi connectivity index (χ4v) is 4.31. The number of thiophene rings is 1. The third kappa shape index (κ3) is 2.71. The number of nitrogens with zero attached hydrogens (tertiary/aromatic N) is 3. The molecule has 0 aliphatic carbocycles. The molecule has 3 aromatic heterocycles. The lowest BCUT2D eigenvalue weighted by Gasteiger charge is -2.23. The number of hydrogen-bond donors (Lipinski definition) is 0. The number of likely N-dealkylation sites (tertiary alicyclic amines) is 1. The Labute approximate surface area is 139 Å². The first-order valence-electron chi connectivity index (χ1n) is 7.98. The SMILES string of the molecule is Cc1cccn2c(=O)cc(CN3CCC[C@H]3c3cccs3)nc12. The predicted molar refractivity (Wildman–Crippen MR) is 92.9 cm³/mol. The van der Waals surface area contributed by atoms with Gasteiger partial charge >= 0.3 is 0 Å². The van der Waals surface area contributed by atoms with E-state index < -0.39 is 0 Å². The third-order valence-corrected chi connectivity index (χ3v) is 5.51. The van der Waals surface area contributed by atoms with Gasteiger partial charge in [0, 0.05) is 29.7 Å². The van der Waals surface area contributed by atoms with Crippen LogP contribution in [0.2, 0.25) is 0 Å². The van der Waals surface area contributed by atoms with Gasteiger partial charge in [0.25, 0.3) is 5.56 Å². The van der Waals surface area contributed by atoms with Crippen molar-refractivity contribution in [2.45, 2.75) is 32.4 Å². The molecule has 0 radical (unpaired) electrons. The van der Waals surface area contributed by atoms with E-state index in [1.807, 2.05) is 30.4 Å². The summed E-state index contributed by atoms with van der Waals surface area (Å²) in [7, 11) is 0. The van der Waals surface area contributed by atoms with E-state index in [0.29, 0.717) is 6.04 Å². The van der Waals surface area contributed by atoms with Gasteiger partial charge in [0.15, 0.2) is 0 Å². The van der Waals surface area contributed by atoms with Crippen LogP contribution in [0.3, 0.4) is 0 Å². The molecule has 1 aliphatic rings. The van der Waals surface area contributed by atoms with Crippen LogP contribution in [-0.2, 0) is 6.54 Å². The molecule has 0 amide bonds. The number of hydrogen-bond acceptors (Lipinski definition) is 4. The summed E-state index contributed by atoms with van der Waals surface area (Å²) in [5.74, 6) is 0. The average Bonchev–Trinajstić information content (AvgIpc) is 3.19. The fraction of sp³-hybridized carbons (Fsp3) is 0.333. The molecule has 118 valence electrons. The van der Waals surface area contributed by atoms with Crippen LogP contribution >= 0.6 is 11.3 Å². The number of aromatic nitrogens is 2. The van der Waals surface area contributed by atoms with E-state index in [4.69, 9.17) is 4.98 Å². The van der Waals surface area contributed by atoms with Crippen molar-refractivity contribution in [1.29, 1.82) is 0 Å². The second-order valence-electron chi connectivity index (χ2n) is 6.11. The first-order valence-corrected chi connectivity index (χ1v) is 8.86. The van der Waals surface area contributed by atoms with Crippen molar-refractivity contribution in [3.63, 3.8) is 0 Å². The first-order chi connectivity index (χ1) is 11.2. The molecule has 5 heteroatoms. The Morgan fingerprint density at radius 2 is 2.26 bits per heavy atom. The van der Waals surface area contributed by atoms with E-state index >= 15 is 0 Å². The van der Waals surface area contributed by atoms with Crippen LogP contribution in [0.1, 0.15) is 35.0 Å². The molecule has 23 heavy (non-hydrogen) atoms.